The van der Waals surface area contributed by atoms with E-state index in [2.05, 4.69) is 198 Å². The molecule has 10 aromatic rings. The molecule has 1 spiro atoms. The molecule has 3 aromatic heterocycles. The van der Waals surface area contributed by atoms with E-state index in [9.17, 15) is 0 Å². The molecule has 2 aliphatic rings. The third-order valence-corrected chi connectivity index (χ3v) is 13.2. The fourth-order valence-corrected chi connectivity index (χ4v) is 10.5. The number of ether oxygens (including phenoxy) is 1. The van der Waals surface area contributed by atoms with E-state index < -0.39 is 5.41 Å². The summed E-state index contributed by atoms with van der Waals surface area (Å²) in [4.78, 5) is 4.93. The molecule has 0 fully saturated rings. The number of benzene rings is 7. The molecule has 0 unspecified atom stereocenters. The fraction of sp³-hybridized carbons (Fsp3) is 0.0400. The van der Waals surface area contributed by atoms with Crippen LogP contribution >= 0.6 is 0 Å². The van der Waals surface area contributed by atoms with Crippen LogP contribution in [0.15, 0.2) is 176 Å². The molecule has 0 atom stereocenters. The SMILES string of the molecule is Cn1[c](=[Pt])n(-c2cccc(Oc3ccc4c5cc6c(cc5n(-c5ccccn5)c4c3)C3(c4ccccc4-c4ccccc43)c3ccccc3-6)c2)c2ccccc21. The van der Waals surface area contributed by atoms with Gasteiger partial charge in [-0.2, -0.15) is 0 Å². The predicted octanol–water partition coefficient (Wildman–Crippen LogP) is 11.7. The molecular formula is C50H32N4OPt. The summed E-state index contributed by atoms with van der Waals surface area (Å²) < 4.78 is 14.6. The Labute approximate surface area is 333 Å². The average Bonchev–Trinajstić information content (AvgIpc) is 3.91. The molecule has 268 valence electrons. The van der Waals surface area contributed by atoms with Crippen LogP contribution < -0.4 is 4.74 Å². The number of hydrogen-bond donors (Lipinski definition) is 0. The second-order valence-electron chi connectivity index (χ2n) is 14.7. The molecule has 0 N–H and O–H groups in total. The van der Waals surface area contributed by atoms with Gasteiger partial charge in [0, 0.05) is 6.20 Å². The number of fused-ring (bicyclic) bond motifs is 14. The molecule has 5 nitrogen and oxygen atoms in total. The van der Waals surface area contributed by atoms with E-state index in [-0.39, 0.29) is 0 Å². The average molecular weight is 900 g/mol. The van der Waals surface area contributed by atoms with Gasteiger partial charge in [0.15, 0.2) is 0 Å². The zero-order valence-electron chi connectivity index (χ0n) is 30.3. The third kappa shape index (κ3) is 4.18. The molecule has 0 aliphatic heterocycles. The minimum absolute atomic E-state index is 0.433. The van der Waals surface area contributed by atoms with E-state index in [0.29, 0.717) is 0 Å². The van der Waals surface area contributed by atoms with Crippen molar-refractivity contribution in [2.24, 2.45) is 7.05 Å². The molecule has 0 amide bonds. The number of aromatic nitrogens is 4. The number of nitrogens with zero attached hydrogens (tertiary/aromatic N) is 4. The maximum absolute atomic E-state index is 6.72. The monoisotopic (exact) mass is 899 g/mol. The zero-order valence-corrected chi connectivity index (χ0v) is 32.5. The summed E-state index contributed by atoms with van der Waals surface area (Å²) in [5.41, 5.74) is 15.6. The normalized spacial score (nSPS) is 13.3. The van der Waals surface area contributed by atoms with Gasteiger partial charge in [-0.1, -0.05) is 78.9 Å². The second kappa shape index (κ2) is 11.7. The van der Waals surface area contributed by atoms with Crippen molar-refractivity contribution < 1.29 is 24.1 Å². The van der Waals surface area contributed by atoms with Crippen molar-refractivity contribution in [3.63, 3.8) is 0 Å². The van der Waals surface area contributed by atoms with E-state index in [0.717, 1.165) is 48.7 Å². The van der Waals surface area contributed by atoms with Crippen LogP contribution in [0.2, 0.25) is 0 Å². The number of hydrogen-bond acceptors (Lipinski definition) is 2. The Morgan fingerprint density at radius 2 is 1.11 bits per heavy atom. The minimum atomic E-state index is -0.433. The Kier molecular flexibility index (Phi) is 6.65. The molecule has 12 rings (SSSR count). The van der Waals surface area contributed by atoms with Crippen LogP contribution in [0.1, 0.15) is 22.3 Å². The van der Waals surface area contributed by atoms with Crippen LogP contribution in [-0.2, 0) is 31.8 Å². The van der Waals surface area contributed by atoms with Crippen LogP contribution in [0.25, 0.3) is 66.6 Å². The van der Waals surface area contributed by atoms with Crippen molar-refractivity contribution in [3.05, 3.63) is 202 Å². The zero-order chi connectivity index (χ0) is 37.1. The number of aryl methyl sites for hydroxylation is 1. The number of imidazole rings is 1. The van der Waals surface area contributed by atoms with Gasteiger partial charge in [-0.05, 0) is 50.6 Å². The van der Waals surface area contributed by atoms with Crippen molar-refractivity contribution in [3.8, 4) is 45.3 Å². The van der Waals surface area contributed by atoms with Crippen LogP contribution in [0.4, 0.5) is 0 Å². The van der Waals surface area contributed by atoms with Crippen molar-refractivity contribution in [2.75, 3.05) is 0 Å². The summed E-state index contributed by atoms with van der Waals surface area (Å²) in [7, 11) is 2.11. The molecule has 0 radical (unpaired) electrons. The van der Waals surface area contributed by atoms with E-state index in [1.165, 1.54) is 55.4 Å². The standard InChI is InChI=1S/C50H32N4O.Pt/c1-52-31-53(46-22-9-8-21-45(46)52)32-13-12-14-33(27-32)55-34-24-25-38-40-29-39-37-17-4-7-20-43(37)50(41-18-5-2-15-35(41)36-16-3-6-19-42(36)50)44(39)30-48(40)54(47(38)28-34)49-23-10-11-26-51-49;/h2-30H,1H3;. The Hall–Kier alpha value is -6.55. The first-order chi connectivity index (χ1) is 27.6. The van der Waals surface area contributed by atoms with Crippen LogP contribution in [0.3, 0.4) is 0 Å². The van der Waals surface area contributed by atoms with Gasteiger partial charge in [-0.15, -0.1) is 0 Å². The Balaban J connectivity index is 1.07. The van der Waals surface area contributed by atoms with E-state index >= 15 is 0 Å². The van der Waals surface area contributed by atoms with Gasteiger partial charge in [-0.3, -0.25) is 0 Å². The predicted molar refractivity (Wildman–Crippen MR) is 220 cm³/mol. The molecule has 0 bridgehead atoms. The summed E-state index contributed by atoms with van der Waals surface area (Å²) in [5, 5.41) is 2.34. The number of rotatable bonds is 4. The van der Waals surface area contributed by atoms with Crippen LogP contribution in [0.5, 0.6) is 11.5 Å². The molecule has 2 aliphatic carbocycles. The maximum atomic E-state index is 6.72. The molecule has 0 saturated carbocycles. The Morgan fingerprint density at radius 1 is 0.482 bits per heavy atom. The van der Waals surface area contributed by atoms with Crippen LogP contribution in [-0.4, -0.2) is 18.7 Å². The topological polar surface area (TPSA) is 36.9 Å². The van der Waals surface area contributed by atoms with E-state index in [1.807, 2.05) is 18.3 Å². The van der Waals surface area contributed by atoms with Gasteiger partial charge in [0.25, 0.3) is 0 Å². The second-order valence-corrected chi connectivity index (χ2v) is 15.7. The molecular weight excluding hydrogens is 868 g/mol. The van der Waals surface area contributed by atoms with Crippen molar-refractivity contribution in [2.45, 2.75) is 5.41 Å². The van der Waals surface area contributed by atoms with Crippen molar-refractivity contribution >= 4 is 32.8 Å². The third-order valence-electron chi connectivity index (χ3n) is 12.0. The van der Waals surface area contributed by atoms with Gasteiger partial charge in [0.05, 0.1) is 5.41 Å². The molecule has 56 heavy (non-hydrogen) atoms. The number of para-hydroxylation sites is 2. The first kappa shape index (κ1) is 31.8. The molecule has 7 aromatic carbocycles. The van der Waals surface area contributed by atoms with Crippen molar-refractivity contribution in [1.29, 1.82) is 0 Å². The van der Waals surface area contributed by atoms with E-state index in [4.69, 9.17) is 9.72 Å². The van der Waals surface area contributed by atoms with Crippen LogP contribution in [0, 0.1) is 3.80 Å². The Bertz CT molecular complexity index is 3290. The summed E-state index contributed by atoms with van der Waals surface area (Å²) in [5.74, 6) is 2.40. The van der Waals surface area contributed by atoms with E-state index in [1.54, 1.807) is 0 Å². The first-order valence-electron chi connectivity index (χ1n) is 18.8. The van der Waals surface area contributed by atoms with Gasteiger partial charge in [0.1, 0.15) is 0 Å². The first-order valence-corrected chi connectivity index (χ1v) is 20.0. The fourth-order valence-electron chi connectivity index (χ4n) is 9.71. The van der Waals surface area contributed by atoms with Gasteiger partial charge in [0.2, 0.25) is 0 Å². The molecule has 6 heteroatoms. The summed E-state index contributed by atoms with van der Waals surface area (Å²) in [6.07, 6.45) is 1.87. The Morgan fingerprint density at radius 3 is 1.82 bits per heavy atom. The quantitative estimate of drug-likeness (QED) is 0.176. The van der Waals surface area contributed by atoms with Crippen molar-refractivity contribution in [1.82, 2.24) is 18.7 Å². The van der Waals surface area contributed by atoms with Gasteiger partial charge < -0.3 is 0 Å². The summed E-state index contributed by atoms with van der Waals surface area (Å²) in [6, 6.07) is 61.3. The van der Waals surface area contributed by atoms with Gasteiger partial charge >= 0.3 is 194 Å². The molecule has 3 heterocycles. The summed E-state index contributed by atoms with van der Waals surface area (Å²) >= 11 is 2.40. The van der Waals surface area contributed by atoms with Gasteiger partial charge in [-0.25, -0.2) is 0 Å². The number of pyridine rings is 1. The molecule has 0 saturated heterocycles. The summed E-state index contributed by atoms with van der Waals surface area (Å²) in [6.45, 7) is 0.